The zero-order valence-electron chi connectivity index (χ0n) is 27.0. The fraction of sp³-hybridized carbons (Fsp3) is 0.432. The Morgan fingerprint density at radius 1 is 0.938 bits per heavy atom. The SMILES string of the molecule is NC1(C(=O)NCCCn2cc(-c3ccc(OC(F)(F)F)cc3)c3cc(CN4CC5CC4CN5Cc4ccccc4)ccc32)CCNCC1. The number of likely N-dealkylation sites (tertiary alicyclic amines) is 2. The minimum Gasteiger partial charge on any atom is -0.406 e. The van der Waals surface area contributed by atoms with Crippen molar-refractivity contribution in [1.82, 2.24) is 25.0 Å². The van der Waals surface area contributed by atoms with E-state index >= 15 is 0 Å². The molecule has 0 spiro atoms. The Morgan fingerprint density at radius 3 is 2.29 bits per heavy atom. The number of piperidine rings is 1. The molecule has 8 nitrogen and oxygen atoms in total. The first-order valence-corrected chi connectivity index (χ1v) is 16.9. The number of aromatic nitrogens is 1. The van der Waals surface area contributed by atoms with Crippen molar-refractivity contribution in [3.8, 4) is 16.9 Å². The molecular weight excluding hydrogens is 617 g/mol. The van der Waals surface area contributed by atoms with Crippen molar-refractivity contribution in [3.63, 3.8) is 0 Å². The van der Waals surface area contributed by atoms with Crippen LogP contribution in [0, 0.1) is 0 Å². The summed E-state index contributed by atoms with van der Waals surface area (Å²) in [4.78, 5) is 18.0. The molecule has 254 valence electrons. The average Bonchev–Trinajstić information content (AvgIpc) is 3.76. The van der Waals surface area contributed by atoms with Crippen LogP contribution in [0.5, 0.6) is 5.75 Å². The van der Waals surface area contributed by atoms with Crippen molar-refractivity contribution in [1.29, 1.82) is 0 Å². The van der Waals surface area contributed by atoms with Gasteiger partial charge in [0.1, 0.15) is 5.75 Å². The second kappa shape index (κ2) is 13.5. The van der Waals surface area contributed by atoms with Gasteiger partial charge >= 0.3 is 6.36 Å². The lowest BCUT2D eigenvalue weighted by molar-refractivity contribution is -0.274. The van der Waals surface area contributed by atoms with Gasteiger partial charge in [-0.25, -0.2) is 0 Å². The number of hydrogen-bond acceptors (Lipinski definition) is 6. The lowest BCUT2D eigenvalue weighted by Gasteiger charge is -2.34. The standard InChI is InChI=1S/C37H43F3N6O2/c38-37(39,40)48-31-10-8-28(9-11-31)33-25-44(18-4-15-43-35(47)36(41)13-16-42-17-14-36)34-12-7-27(19-32(33)34)22-46-24-29-20-30(46)23-45(29)21-26-5-2-1-3-6-26/h1-3,5-12,19,25,29-30,42H,4,13-18,20-24,41H2,(H,43,47). The number of carbonyl (C=O) groups excluding carboxylic acids is 1. The molecule has 0 radical (unpaired) electrons. The van der Waals surface area contributed by atoms with Gasteiger partial charge in [0.05, 0.1) is 5.54 Å². The van der Waals surface area contributed by atoms with E-state index in [0.29, 0.717) is 44.4 Å². The molecule has 0 aliphatic carbocycles. The Labute approximate surface area is 279 Å². The maximum Gasteiger partial charge on any atom is 0.573 e. The number of piperazine rings is 1. The summed E-state index contributed by atoms with van der Waals surface area (Å²) < 4.78 is 44.7. The number of hydrogen-bond donors (Lipinski definition) is 3. The number of amides is 1. The van der Waals surface area contributed by atoms with Crippen LogP contribution in [0.1, 0.15) is 36.8 Å². The van der Waals surface area contributed by atoms with E-state index in [4.69, 9.17) is 5.73 Å². The largest absolute Gasteiger partial charge is 0.573 e. The third-order valence-electron chi connectivity index (χ3n) is 10.2. The number of nitrogens with one attached hydrogen (secondary N) is 2. The van der Waals surface area contributed by atoms with Crippen LogP contribution in [0.25, 0.3) is 22.0 Å². The van der Waals surface area contributed by atoms with E-state index in [-0.39, 0.29) is 11.7 Å². The molecule has 4 aromatic rings. The van der Waals surface area contributed by atoms with Gasteiger partial charge in [0.15, 0.2) is 0 Å². The summed E-state index contributed by atoms with van der Waals surface area (Å²) in [6.45, 7) is 6.57. The molecule has 2 bridgehead atoms. The number of nitrogens with two attached hydrogens (primary N) is 1. The fourth-order valence-corrected chi connectivity index (χ4v) is 7.69. The van der Waals surface area contributed by atoms with E-state index in [1.807, 2.05) is 0 Å². The number of aryl methyl sites for hydroxylation is 1. The molecule has 11 heteroatoms. The first-order chi connectivity index (χ1) is 23.1. The smallest absolute Gasteiger partial charge is 0.406 e. The first kappa shape index (κ1) is 32.6. The van der Waals surface area contributed by atoms with Gasteiger partial charge in [-0.1, -0.05) is 48.5 Å². The predicted molar refractivity (Wildman–Crippen MR) is 180 cm³/mol. The highest BCUT2D eigenvalue weighted by molar-refractivity contribution is 5.96. The summed E-state index contributed by atoms with van der Waals surface area (Å²) in [7, 11) is 0. The molecule has 4 heterocycles. The van der Waals surface area contributed by atoms with Crippen LogP contribution >= 0.6 is 0 Å². The monoisotopic (exact) mass is 660 g/mol. The third kappa shape index (κ3) is 7.24. The molecule has 3 fully saturated rings. The molecule has 1 amide bonds. The van der Waals surface area contributed by atoms with Crippen molar-refractivity contribution in [2.45, 2.75) is 69.3 Å². The van der Waals surface area contributed by atoms with Crippen LogP contribution < -0.4 is 21.1 Å². The van der Waals surface area contributed by atoms with Gasteiger partial charge in [-0.2, -0.15) is 0 Å². The van der Waals surface area contributed by atoms with Crippen LogP contribution in [0.2, 0.25) is 0 Å². The van der Waals surface area contributed by atoms with Gasteiger partial charge < -0.3 is 25.7 Å². The predicted octanol–water partition coefficient (Wildman–Crippen LogP) is 5.25. The van der Waals surface area contributed by atoms with E-state index in [1.165, 1.54) is 29.7 Å². The normalized spacial score (nSPS) is 21.2. The Morgan fingerprint density at radius 2 is 1.62 bits per heavy atom. The van der Waals surface area contributed by atoms with Crippen LogP contribution in [-0.2, 0) is 24.4 Å². The summed E-state index contributed by atoms with van der Waals surface area (Å²) in [5.41, 5.74) is 10.9. The number of halogens is 3. The fourth-order valence-electron chi connectivity index (χ4n) is 7.69. The lowest BCUT2D eigenvalue weighted by atomic mass is 9.88. The van der Waals surface area contributed by atoms with Crippen LogP contribution in [0.15, 0.2) is 79.0 Å². The highest BCUT2D eigenvalue weighted by Crippen LogP contribution is 2.36. The van der Waals surface area contributed by atoms with Crippen molar-refractivity contribution in [2.75, 3.05) is 32.7 Å². The van der Waals surface area contributed by atoms with E-state index < -0.39 is 11.9 Å². The van der Waals surface area contributed by atoms with Gasteiger partial charge in [-0.3, -0.25) is 14.6 Å². The molecule has 0 saturated carbocycles. The van der Waals surface area contributed by atoms with Gasteiger partial charge in [0.25, 0.3) is 0 Å². The van der Waals surface area contributed by atoms with E-state index in [0.717, 1.165) is 61.3 Å². The Hall–Kier alpha value is -3.90. The highest BCUT2D eigenvalue weighted by atomic mass is 19.4. The molecule has 4 N–H and O–H groups in total. The van der Waals surface area contributed by atoms with Crippen molar-refractivity contribution in [2.24, 2.45) is 5.73 Å². The molecule has 48 heavy (non-hydrogen) atoms. The minimum absolute atomic E-state index is 0.105. The van der Waals surface area contributed by atoms with Gasteiger partial charge in [-0.15, -0.1) is 13.2 Å². The number of alkyl halides is 3. The zero-order valence-corrected chi connectivity index (χ0v) is 27.0. The lowest BCUT2D eigenvalue weighted by Crippen LogP contribution is -2.59. The van der Waals surface area contributed by atoms with Gasteiger partial charge in [0, 0.05) is 74.0 Å². The van der Waals surface area contributed by atoms with E-state index in [9.17, 15) is 18.0 Å². The van der Waals surface area contributed by atoms with Crippen molar-refractivity contribution in [3.05, 3.63) is 90.1 Å². The molecule has 3 aromatic carbocycles. The number of nitrogens with zero attached hydrogens (tertiary/aromatic N) is 3. The second-order valence-electron chi connectivity index (χ2n) is 13.6. The molecular formula is C37H43F3N6O2. The average molecular weight is 661 g/mol. The van der Waals surface area contributed by atoms with Gasteiger partial charge in [-0.05, 0) is 79.7 Å². The van der Waals surface area contributed by atoms with Crippen LogP contribution in [0.4, 0.5) is 13.2 Å². The molecule has 3 aliphatic heterocycles. The molecule has 2 unspecified atom stereocenters. The Kier molecular flexibility index (Phi) is 9.21. The highest BCUT2D eigenvalue weighted by Gasteiger charge is 2.42. The van der Waals surface area contributed by atoms with E-state index in [1.54, 1.807) is 12.1 Å². The maximum atomic E-state index is 12.8. The summed E-state index contributed by atoms with van der Waals surface area (Å²) in [5.74, 6) is -0.352. The second-order valence-corrected chi connectivity index (χ2v) is 13.6. The number of ether oxygens (including phenoxy) is 1. The summed E-state index contributed by atoms with van der Waals surface area (Å²) in [6.07, 6.45) is 0.440. The van der Waals surface area contributed by atoms with Crippen molar-refractivity contribution >= 4 is 16.8 Å². The molecule has 3 saturated heterocycles. The van der Waals surface area contributed by atoms with E-state index in [2.05, 4.69) is 84.5 Å². The summed E-state index contributed by atoms with van der Waals surface area (Å²) in [6, 6.07) is 24.3. The molecule has 2 atom stereocenters. The summed E-state index contributed by atoms with van der Waals surface area (Å²) in [5, 5.41) is 7.33. The van der Waals surface area contributed by atoms with Gasteiger partial charge in [0.2, 0.25) is 5.91 Å². The topological polar surface area (TPSA) is 87.8 Å². The van der Waals surface area contributed by atoms with Crippen LogP contribution in [-0.4, -0.2) is 77.0 Å². The third-order valence-corrected chi connectivity index (χ3v) is 10.2. The molecule has 1 aromatic heterocycles. The van der Waals surface area contributed by atoms with Crippen molar-refractivity contribution < 1.29 is 22.7 Å². The molecule has 7 rings (SSSR count). The Balaban J connectivity index is 1.06. The quantitative estimate of drug-likeness (QED) is 0.191. The minimum atomic E-state index is -4.74. The number of carbonyl (C=O) groups is 1. The maximum absolute atomic E-state index is 12.8. The zero-order chi connectivity index (χ0) is 33.3. The molecule has 3 aliphatic rings. The summed E-state index contributed by atoms with van der Waals surface area (Å²) >= 11 is 0. The first-order valence-electron chi connectivity index (χ1n) is 16.9. The Bertz CT molecular complexity index is 1720. The number of rotatable bonds is 11. The van der Waals surface area contributed by atoms with Crippen LogP contribution in [0.3, 0.4) is 0 Å². The number of fused-ring (bicyclic) bond motifs is 3. The number of benzene rings is 3.